The minimum Gasteiger partial charge on any atom is -0.481 e. The summed E-state index contributed by atoms with van der Waals surface area (Å²) in [5, 5.41) is 3.42. The first kappa shape index (κ1) is 12.0. The molecule has 0 amide bonds. The molecule has 98 valence electrons. The summed E-state index contributed by atoms with van der Waals surface area (Å²) in [5.74, 6) is 1.09. The van der Waals surface area contributed by atoms with Gasteiger partial charge in [-0.1, -0.05) is 0 Å². The van der Waals surface area contributed by atoms with Gasteiger partial charge in [0.1, 0.15) is 12.0 Å². The average Bonchev–Trinajstić information content (AvgIpc) is 3.30. The van der Waals surface area contributed by atoms with Crippen molar-refractivity contribution in [1.82, 2.24) is 25.3 Å². The van der Waals surface area contributed by atoms with Crippen molar-refractivity contribution in [1.29, 1.82) is 0 Å². The van der Waals surface area contributed by atoms with Crippen LogP contribution < -0.4 is 10.1 Å². The molecule has 1 aliphatic rings. The van der Waals surface area contributed by atoms with Crippen molar-refractivity contribution in [3.63, 3.8) is 0 Å². The van der Waals surface area contributed by atoms with Gasteiger partial charge in [0.25, 0.3) is 0 Å². The maximum absolute atomic E-state index is 5.06. The Bertz CT molecular complexity index is 553. The van der Waals surface area contributed by atoms with Gasteiger partial charge in [0.05, 0.1) is 7.11 Å². The fourth-order valence-corrected chi connectivity index (χ4v) is 1.70. The number of nitrogens with zero attached hydrogens (tertiary/aromatic N) is 4. The highest BCUT2D eigenvalue weighted by Gasteiger charge is 2.20. The number of ether oxygens (including phenoxy) is 1. The van der Waals surface area contributed by atoms with E-state index in [0.29, 0.717) is 23.4 Å². The predicted octanol–water partition coefficient (Wildman–Crippen LogP) is 1.19. The van der Waals surface area contributed by atoms with Crippen LogP contribution in [0.1, 0.15) is 18.4 Å². The van der Waals surface area contributed by atoms with E-state index in [2.05, 4.69) is 25.3 Å². The summed E-state index contributed by atoms with van der Waals surface area (Å²) in [6.45, 7) is 0.818. The van der Waals surface area contributed by atoms with E-state index in [0.717, 1.165) is 12.1 Å². The van der Waals surface area contributed by atoms with E-state index >= 15 is 0 Å². The van der Waals surface area contributed by atoms with Crippen molar-refractivity contribution in [2.45, 2.75) is 25.4 Å². The van der Waals surface area contributed by atoms with Gasteiger partial charge in [0.15, 0.2) is 5.82 Å². The molecule has 0 unspecified atom stereocenters. The number of nitrogens with one attached hydrogen (secondary N) is 1. The first-order valence-corrected chi connectivity index (χ1v) is 6.26. The minimum absolute atomic E-state index is 0.507. The largest absolute Gasteiger partial charge is 0.481 e. The number of hydrogen-bond donors (Lipinski definition) is 1. The molecule has 2 aromatic heterocycles. The Morgan fingerprint density at radius 2 is 2.00 bits per heavy atom. The van der Waals surface area contributed by atoms with E-state index < -0.39 is 0 Å². The summed E-state index contributed by atoms with van der Waals surface area (Å²) in [5.41, 5.74) is 1.74. The molecule has 6 heteroatoms. The van der Waals surface area contributed by atoms with E-state index in [1.807, 2.05) is 12.4 Å². The molecular weight excluding hydrogens is 242 g/mol. The van der Waals surface area contributed by atoms with Crippen LogP contribution in [0.25, 0.3) is 11.5 Å². The summed E-state index contributed by atoms with van der Waals surface area (Å²) >= 11 is 0. The summed E-state index contributed by atoms with van der Waals surface area (Å²) in [6, 6.07) is 2.41. The normalized spacial score (nSPS) is 14.4. The van der Waals surface area contributed by atoms with Crippen molar-refractivity contribution >= 4 is 0 Å². The van der Waals surface area contributed by atoms with E-state index in [1.54, 1.807) is 13.2 Å². The standard InChI is InChI=1S/C13H15N5O/c1-19-12-4-11(17-8-18-12)13-15-6-9(7-16-13)5-14-10-2-3-10/h4,6-8,10,14H,2-3,5H2,1H3. The SMILES string of the molecule is COc1cc(-c2ncc(CNC3CC3)cn2)ncn1. The Hall–Kier alpha value is -2.08. The summed E-state index contributed by atoms with van der Waals surface area (Å²) in [7, 11) is 1.57. The van der Waals surface area contributed by atoms with Crippen molar-refractivity contribution in [3.8, 4) is 17.4 Å². The molecule has 0 aromatic carbocycles. The third kappa shape index (κ3) is 3.03. The van der Waals surface area contributed by atoms with E-state index in [9.17, 15) is 0 Å². The first-order valence-electron chi connectivity index (χ1n) is 6.26. The second-order valence-corrected chi connectivity index (χ2v) is 4.52. The van der Waals surface area contributed by atoms with Gasteiger partial charge < -0.3 is 10.1 Å². The Kier molecular flexibility index (Phi) is 3.33. The minimum atomic E-state index is 0.507. The molecular formula is C13H15N5O. The molecule has 1 fully saturated rings. The lowest BCUT2D eigenvalue weighted by Gasteiger charge is -2.04. The number of aromatic nitrogens is 4. The molecule has 19 heavy (non-hydrogen) atoms. The van der Waals surface area contributed by atoms with Gasteiger partial charge in [-0.25, -0.2) is 19.9 Å². The molecule has 0 aliphatic heterocycles. The second-order valence-electron chi connectivity index (χ2n) is 4.52. The van der Waals surface area contributed by atoms with Crippen LogP contribution in [0.4, 0.5) is 0 Å². The van der Waals surface area contributed by atoms with Crippen molar-refractivity contribution < 1.29 is 4.74 Å². The molecule has 1 aliphatic carbocycles. The topological polar surface area (TPSA) is 72.8 Å². The zero-order valence-corrected chi connectivity index (χ0v) is 10.7. The smallest absolute Gasteiger partial charge is 0.216 e. The summed E-state index contributed by atoms with van der Waals surface area (Å²) in [6.07, 6.45) is 7.65. The average molecular weight is 257 g/mol. The number of hydrogen-bond acceptors (Lipinski definition) is 6. The van der Waals surface area contributed by atoms with Crippen LogP contribution in [0.5, 0.6) is 5.88 Å². The molecule has 3 rings (SSSR count). The number of rotatable bonds is 5. The van der Waals surface area contributed by atoms with Gasteiger partial charge in [-0.15, -0.1) is 0 Å². The third-order valence-corrected chi connectivity index (χ3v) is 2.96. The molecule has 1 N–H and O–H groups in total. The molecule has 0 radical (unpaired) electrons. The molecule has 0 atom stereocenters. The van der Waals surface area contributed by atoms with Gasteiger partial charge >= 0.3 is 0 Å². The lowest BCUT2D eigenvalue weighted by atomic mass is 10.3. The molecule has 0 saturated heterocycles. The van der Waals surface area contributed by atoms with Crippen molar-refractivity contribution in [3.05, 3.63) is 30.4 Å². The lowest BCUT2D eigenvalue weighted by Crippen LogP contribution is -2.15. The van der Waals surface area contributed by atoms with Crippen molar-refractivity contribution in [2.24, 2.45) is 0 Å². The van der Waals surface area contributed by atoms with Gasteiger partial charge in [-0.05, 0) is 12.8 Å². The second kappa shape index (κ2) is 5.27. The van der Waals surface area contributed by atoms with Crippen LogP contribution in [0.2, 0.25) is 0 Å². The fourth-order valence-electron chi connectivity index (χ4n) is 1.70. The van der Waals surface area contributed by atoms with Crippen LogP contribution in [0, 0.1) is 0 Å². The molecule has 2 heterocycles. The van der Waals surface area contributed by atoms with Crippen LogP contribution in [-0.2, 0) is 6.54 Å². The van der Waals surface area contributed by atoms with Crippen LogP contribution in [-0.4, -0.2) is 33.1 Å². The highest BCUT2D eigenvalue weighted by molar-refractivity contribution is 5.49. The zero-order chi connectivity index (χ0) is 13.1. The summed E-state index contributed by atoms with van der Waals surface area (Å²) < 4.78 is 5.06. The zero-order valence-electron chi connectivity index (χ0n) is 10.7. The molecule has 2 aromatic rings. The highest BCUT2D eigenvalue weighted by atomic mass is 16.5. The third-order valence-electron chi connectivity index (χ3n) is 2.96. The van der Waals surface area contributed by atoms with E-state index in [1.165, 1.54) is 19.2 Å². The van der Waals surface area contributed by atoms with Crippen LogP contribution in [0.3, 0.4) is 0 Å². The Balaban J connectivity index is 1.72. The maximum Gasteiger partial charge on any atom is 0.216 e. The molecule has 1 saturated carbocycles. The Morgan fingerprint density at radius 1 is 1.21 bits per heavy atom. The summed E-state index contributed by atoms with van der Waals surface area (Å²) in [4.78, 5) is 16.7. The lowest BCUT2D eigenvalue weighted by molar-refractivity contribution is 0.397. The quantitative estimate of drug-likeness (QED) is 0.867. The first-order chi connectivity index (χ1) is 9.35. The van der Waals surface area contributed by atoms with Gasteiger partial charge in [0, 0.05) is 36.6 Å². The number of methoxy groups -OCH3 is 1. The van der Waals surface area contributed by atoms with Gasteiger partial charge in [0.2, 0.25) is 5.88 Å². The van der Waals surface area contributed by atoms with E-state index in [4.69, 9.17) is 4.74 Å². The van der Waals surface area contributed by atoms with Crippen LogP contribution >= 0.6 is 0 Å². The molecule has 6 nitrogen and oxygen atoms in total. The predicted molar refractivity (Wildman–Crippen MR) is 69.5 cm³/mol. The van der Waals surface area contributed by atoms with E-state index in [-0.39, 0.29) is 0 Å². The van der Waals surface area contributed by atoms with Gasteiger partial charge in [-0.2, -0.15) is 0 Å². The Morgan fingerprint density at radius 3 is 2.68 bits per heavy atom. The van der Waals surface area contributed by atoms with Gasteiger partial charge in [-0.3, -0.25) is 0 Å². The van der Waals surface area contributed by atoms with Crippen molar-refractivity contribution in [2.75, 3.05) is 7.11 Å². The van der Waals surface area contributed by atoms with Crippen LogP contribution in [0.15, 0.2) is 24.8 Å². The fraction of sp³-hybridized carbons (Fsp3) is 0.385. The highest BCUT2D eigenvalue weighted by Crippen LogP contribution is 2.19. The maximum atomic E-state index is 5.06. The molecule has 0 spiro atoms. The molecule has 0 bridgehead atoms. The monoisotopic (exact) mass is 257 g/mol. The Labute approximate surface area is 111 Å².